The van der Waals surface area contributed by atoms with Crippen LogP contribution in [0, 0.1) is 11.6 Å². The van der Waals surface area contributed by atoms with Crippen LogP contribution in [0.15, 0.2) is 12.1 Å². The van der Waals surface area contributed by atoms with Crippen LogP contribution in [0.5, 0.6) is 0 Å². The molecule has 28 heavy (non-hydrogen) atoms. The summed E-state index contributed by atoms with van der Waals surface area (Å²) >= 11 is 0.693. The van der Waals surface area contributed by atoms with Gasteiger partial charge in [0.2, 0.25) is 5.95 Å². The summed E-state index contributed by atoms with van der Waals surface area (Å²) in [5.41, 5.74) is 5.86. The number of aromatic nitrogens is 4. The van der Waals surface area contributed by atoms with Crippen molar-refractivity contribution in [2.45, 2.75) is 31.6 Å². The van der Waals surface area contributed by atoms with Gasteiger partial charge in [0.1, 0.15) is 22.5 Å². The predicted molar refractivity (Wildman–Crippen MR) is 93.3 cm³/mol. The number of nitrogens with two attached hydrogens (primary N) is 1. The highest BCUT2D eigenvalue weighted by molar-refractivity contribution is 7.11. The first-order valence-electron chi connectivity index (χ1n) is 8.43. The molecule has 0 spiro atoms. The summed E-state index contributed by atoms with van der Waals surface area (Å²) in [5, 5.41) is 6.91. The number of hydrogen-bond acceptors (Lipinski definition) is 6. The molecule has 12 heteroatoms. The number of alkyl halides is 3. The van der Waals surface area contributed by atoms with Gasteiger partial charge in [0.25, 0.3) is 6.43 Å². The largest absolute Gasteiger partial charge is 0.340 e. The minimum absolute atomic E-state index is 0.00106. The van der Waals surface area contributed by atoms with Gasteiger partial charge in [-0.15, -0.1) is 10.2 Å². The van der Waals surface area contributed by atoms with Gasteiger partial charge in [0.15, 0.2) is 10.8 Å². The van der Waals surface area contributed by atoms with E-state index in [2.05, 4.69) is 15.2 Å². The van der Waals surface area contributed by atoms with Gasteiger partial charge in [0, 0.05) is 25.2 Å². The number of hydrogen-bond donors (Lipinski definition) is 1. The lowest BCUT2D eigenvalue weighted by molar-refractivity contribution is 0.150. The second-order valence-corrected chi connectivity index (χ2v) is 7.60. The van der Waals surface area contributed by atoms with Gasteiger partial charge in [0.05, 0.1) is 18.1 Å². The fraction of sp³-hybridized carbons (Fsp3) is 0.438. The molecule has 1 aromatic carbocycles. The first-order valence-corrected chi connectivity index (χ1v) is 9.25. The maximum absolute atomic E-state index is 14.5. The lowest BCUT2D eigenvalue weighted by Crippen LogP contribution is -2.50. The van der Waals surface area contributed by atoms with Crippen LogP contribution < -0.4 is 10.6 Å². The van der Waals surface area contributed by atoms with Crippen molar-refractivity contribution < 1.29 is 22.0 Å². The molecular formula is C16H15F5N6S. The number of nitrogens with zero attached hydrogens (tertiary/aromatic N) is 5. The Balaban J connectivity index is 1.79. The van der Waals surface area contributed by atoms with Crippen LogP contribution in [0.4, 0.5) is 27.9 Å². The number of halogens is 5. The van der Waals surface area contributed by atoms with E-state index in [1.54, 1.807) is 4.90 Å². The van der Waals surface area contributed by atoms with Crippen molar-refractivity contribution in [1.29, 1.82) is 0 Å². The third-order valence-corrected chi connectivity index (χ3v) is 5.47. The second kappa shape index (κ2) is 7.24. The van der Waals surface area contributed by atoms with E-state index in [0.29, 0.717) is 17.4 Å². The quantitative estimate of drug-likeness (QED) is 0.660. The molecule has 1 saturated heterocycles. The Morgan fingerprint density at radius 3 is 2.71 bits per heavy atom. The Kier molecular flexibility index (Phi) is 4.91. The van der Waals surface area contributed by atoms with Crippen molar-refractivity contribution in [2.75, 3.05) is 18.0 Å². The Morgan fingerprint density at radius 1 is 1.25 bits per heavy atom. The number of benzene rings is 1. The highest BCUT2D eigenvalue weighted by atomic mass is 32.1. The average molecular weight is 418 g/mol. The van der Waals surface area contributed by atoms with Crippen LogP contribution in [0.2, 0.25) is 0 Å². The third kappa shape index (κ3) is 3.41. The maximum atomic E-state index is 14.5. The predicted octanol–water partition coefficient (Wildman–Crippen LogP) is 3.03. The highest BCUT2D eigenvalue weighted by Crippen LogP contribution is 2.30. The van der Waals surface area contributed by atoms with Gasteiger partial charge in [-0.25, -0.2) is 26.9 Å². The average Bonchev–Trinajstić information content (AvgIpc) is 3.23. The minimum atomic E-state index is -2.77. The molecule has 0 bridgehead atoms. The zero-order valence-electron chi connectivity index (χ0n) is 14.3. The minimum Gasteiger partial charge on any atom is -0.340 e. The van der Waals surface area contributed by atoms with Crippen LogP contribution in [0.25, 0.3) is 11.0 Å². The standard InChI is InChI=1S/C16H15F5N6S/c17-7-3-9(19)13-11(4-7)23-16(26-2-1-8(18)10(22)5-26)27(13)6-12-24-25-15(28-12)14(20)21/h3-4,8,10,14H,1-2,5-6,22H2/t8-,10-/m1/s1. The molecule has 1 aliphatic heterocycles. The Hall–Kier alpha value is -2.34. The summed E-state index contributed by atoms with van der Waals surface area (Å²) in [6, 6.07) is 1.04. The van der Waals surface area contributed by atoms with E-state index in [9.17, 15) is 22.0 Å². The summed E-state index contributed by atoms with van der Waals surface area (Å²) in [7, 11) is 0. The number of rotatable bonds is 4. The van der Waals surface area contributed by atoms with Gasteiger partial charge in [-0.3, -0.25) is 0 Å². The molecule has 150 valence electrons. The molecular weight excluding hydrogens is 403 g/mol. The summed E-state index contributed by atoms with van der Waals surface area (Å²) in [6.07, 6.45) is -3.77. The van der Waals surface area contributed by atoms with Gasteiger partial charge in [-0.05, 0) is 6.42 Å². The van der Waals surface area contributed by atoms with Crippen molar-refractivity contribution in [2.24, 2.45) is 5.73 Å². The van der Waals surface area contributed by atoms with E-state index in [1.807, 2.05) is 0 Å². The van der Waals surface area contributed by atoms with Gasteiger partial charge in [-0.2, -0.15) is 0 Å². The summed E-state index contributed by atoms with van der Waals surface area (Å²) in [6.45, 7) is 0.317. The number of fused-ring (bicyclic) bond motifs is 1. The maximum Gasteiger partial charge on any atom is 0.291 e. The van der Waals surface area contributed by atoms with Crippen LogP contribution in [-0.4, -0.2) is 45.1 Å². The van der Waals surface area contributed by atoms with Crippen molar-refractivity contribution in [3.8, 4) is 0 Å². The second-order valence-electron chi connectivity index (χ2n) is 6.50. The smallest absolute Gasteiger partial charge is 0.291 e. The summed E-state index contributed by atoms with van der Waals surface area (Å²) < 4.78 is 68.9. The first kappa shape index (κ1) is 19.0. The van der Waals surface area contributed by atoms with Gasteiger partial charge >= 0.3 is 0 Å². The Bertz CT molecular complexity index is 1000. The molecule has 0 unspecified atom stereocenters. The number of anilines is 1. The van der Waals surface area contributed by atoms with Crippen molar-refractivity contribution in [3.63, 3.8) is 0 Å². The molecule has 0 radical (unpaired) electrons. The molecule has 1 aliphatic rings. The zero-order chi connectivity index (χ0) is 20.0. The van der Waals surface area contributed by atoms with Crippen molar-refractivity contribution in [3.05, 3.63) is 33.8 Å². The molecule has 1 fully saturated rings. The normalized spacial score (nSPS) is 20.5. The fourth-order valence-electron chi connectivity index (χ4n) is 3.25. The molecule has 3 heterocycles. The Labute approximate surface area is 159 Å². The van der Waals surface area contributed by atoms with Crippen LogP contribution in [-0.2, 0) is 6.54 Å². The van der Waals surface area contributed by atoms with Crippen LogP contribution in [0.3, 0.4) is 0 Å². The molecule has 2 aromatic heterocycles. The molecule has 0 saturated carbocycles. The van der Waals surface area contributed by atoms with E-state index < -0.39 is 35.3 Å². The van der Waals surface area contributed by atoms with Crippen LogP contribution in [0.1, 0.15) is 22.9 Å². The van der Waals surface area contributed by atoms with Crippen LogP contribution >= 0.6 is 11.3 Å². The molecule has 2 N–H and O–H groups in total. The summed E-state index contributed by atoms with van der Waals surface area (Å²) in [5.74, 6) is -1.40. The lowest BCUT2D eigenvalue weighted by atomic mass is 10.1. The number of piperidine rings is 1. The van der Waals surface area contributed by atoms with Gasteiger partial charge in [-0.1, -0.05) is 11.3 Å². The summed E-state index contributed by atoms with van der Waals surface area (Å²) in [4.78, 5) is 5.97. The first-order chi connectivity index (χ1) is 13.3. The van der Waals surface area contributed by atoms with E-state index in [1.165, 1.54) is 4.57 Å². The number of imidazole rings is 1. The molecule has 6 nitrogen and oxygen atoms in total. The molecule has 0 amide bonds. The Morgan fingerprint density at radius 2 is 2.04 bits per heavy atom. The molecule has 4 rings (SSSR count). The van der Waals surface area contributed by atoms with E-state index >= 15 is 0 Å². The third-order valence-electron chi connectivity index (χ3n) is 4.56. The monoisotopic (exact) mass is 418 g/mol. The van der Waals surface area contributed by atoms with Gasteiger partial charge < -0.3 is 15.2 Å². The lowest BCUT2D eigenvalue weighted by Gasteiger charge is -2.34. The van der Waals surface area contributed by atoms with E-state index in [4.69, 9.17) is 5.73 Å². The molecule has 2 atom stereocenters. The SMILES string of the molecule is N[C@@H]1CN(c2nc3cc(F)cc(F)c3n2Cc2nnc(C(F)F)s2)CC[C@H]1F. The van der Waals surface area contributed by atoms with E-state index in [0.717, 1.165) is 6.07 Å². The van der Waals surface area contributed by atoms with Crippen molar-refractivity contribution >= 4 is 28.3 Å². The molecule has 3 aromatic rings. The highest BCUT2D eigenvalue weighted by Gasteiger charge is 2.30. The zero-order valence-corrected chi connectivity index (χ0v) is 15.1. The fourth-order valence-corrected chi connectivity index (χ4v) is 3.94. The van der Waals surface area contributed by atoms with E-state index in [-0.39, 0.29) is 48.0 Å². The molecule has 0 aliphatic carbocycles. The topological polar surface area (TPSA) is 72.9 Å². The van der Waals surface area contributed by atoms with Crippen molar-refractivity contribution in [1.82, 2.24) is 19.7 Å².